The Balaban J connectivity index is 1.46. The zero-order valence-corrected chi connectivity index (χ0v) is 15.5. The van der Waals surface area contributed by atoms with E-state index in [0.717, 1.165) is 22.3 Å². The van der Waals surface area contributed by atoms with Crippen LogP contribution < -0.4 is 10.6 Å². The fourth-order valence-corrected chi connectivity index (χ4v) is 3.85. The lowest BCUT2D eigenvalue weighted by Gasteiger charge is -2.09. The molecule has 0 aliphatic carbocycles. The first-order chi connectivity index (χ1) is 12.9. The van der Waals surface area contributed by atoms with Crippen molar-refractivity contribution in [3.05, 3.63) is 58.1 Å². The predicted molar refractivity (Wildman–Crippen MR) is 102 cm³/mol. The van der Waals surface area contributed by atoms with Gasteiger partial charge in [-0.2, -0.15) is 13.2 Å². The number of rotatable bonds is 6. The molecule has 0 saturated carbocycles. The van der Waals surface area contributed by atoms with Gasteiger partial charge in [-0.3, -0.25) is 4.79 Å². The van der Waals surface area contributed by atoms with Gasteiger partial charge in [0.15, 0.2) is 0 Å². The van der Waals surface area contributed by atoms with Crippen molar-refractivity contribution in [3.8, 4) is 0 Å². The van der Waals surface area contributed by atoms with E-state index in [1.165, 1.54) is 17.4 Å². The van der Waals surface area contributed by atoms with Gasteiger partial charge in [0.25, 0.3) is 5.91 Å². The zero-order chi connectivity index (χ0) is 19.4. The molecule has 1 amide bonds. The third-order valence-electron chi connectivity index (χ3n) is 3.78. The molecule has 142 valence electrons. The van der Waals surface area contributed by atoms with Crippen LogP contribution in [0, 0.1) is 0 Å². The van der Waals surface area contributed by atoms with E-state index >= 15 is 0 Å². The highest BCUT2D eigenvalue weighted by atomic mass is 35.5. The summed E-state index contributed by atoms with van der Waals surface area (Å²) in [6, 6.07) is 9.77. The Hall–Kier alpha value is -2.32. The molecule has 0 spiro atoms. The van der Waals surface area contributed by atoms with Crippen LogP contribution in [0.5, 0.6) is 0 Å². The quantitative estimate of drug-likeness (QED) is 0.546. The van der Waals surface area contributed by atoms with Gasteiger partial charge in [0.2, 0.25) is 0 Å². The molecule has 0 atom stereocenters. The lowest BCUT2D eigenvalue weighted by Crippen LogP contribution is -2.25. The maximum Gasteiger partial charge on any atom is 0.417 e. The van der Waals surface area contributed by atoms with Crippen molar-refractivity contribution in [2.24, 2.45) is 0 Å². The van der Waals surface area contributed by atoms with E-state index in [1.54, 1.807) is 0 Å². The number of anilines is 1. The number of nitrogens with zero attached hydrogens (tertiary/aromatic N) is 1. The number of thiophene rings is 1. The topological polar surface area (TPSA) is 54.0 Å². The van der Waals surface area contributed by atoms with E-state index in [9.17, 15) is 18.0 Å². The smallest absolute Gasteiger partial charge is 0.370 e. The third-order valence-corrected chi connectivity index (χ3v) is 5.45. The normalized spacial score (nSPS) is 11.6. The van der Waals surface area contributed by atoms with Crippen molar-refractivity contribution in [2.75, 3.05) is 18.4 Å². The van der Waals surface area contributed by atoms with Gasteiger partial charge in [-0.15, -0.1) is 11.3 Å². The number of nitrogens with one attached hydrogen (secondary N) is 2. The molecule has 3 rings (SSSR count). The summed E-state index contributed by atoms with van der Waals surface area (Å²) < 4.78 is 38.4. The number of pyridine rings is 1. The molecule has 0 aliphatic heterocycles. The summed E-state index contributed by atoms with van der Waals surface area (Å²) in [5.74, 6) is 0.107. The summed E-state index contributed by atoms with van der Waals surface area (Å²) in [5, 5.41) is 7.01. The van der Waals surface area contributed by atoms with Crippen LogP contribution >= 0.6 is 22.9 Å². The Morgan fingerprint density at radius 2 is 1.93 bits per heavy atom. The largest absolute Gasteiger partial charge is 0.417 e. The fourth-order valence-electron chi connectivity index (χ4n) is 2.41. The van der Waals surface area contributed by atoms with Crippen molar-refractivity contribution in [2.45, 2.75) is 12.6 Å². The zero-order valence-electron chi connectivity index (χ0n) is 13.9. The Labute approximate surface area is 162 Å². The molecular weight excluding hydrogens is 399 g/mol. The number of halogens is 4. The Morgan fingerprint density at radius 3 is 2.59 bits per heavy atom. The first kappa shape index (κ1) is 19.4. The summed E-state index contributed by atoms with van der Waals surface area (Å²) in [4.78, 5) is 16.5. The minimum absolute atomic E-state index is 0.242. The minimum Gasteiger partial charge on any atom is -0.370 e. The average molecular weight is 414 g/mol. The van der Waals surface area contributed by atoms with Crippen LogP contribution in [0.1, 0.15) is 21.7 Å². The van der Waals surface area contributed by atoms with Gasteiger partial charge in [-0.05, 0) is 24.6 Å². The fraction of sp³-hybridized carbons (Fsp3) is 0.222. The number of carbonyl (C=O) groups is 1. The van der Waals surface area contributed by atoms with Gasteiger partial charge in [0, 0.05) is 29.4 Å². The second-order valence-electron chi connectivity index (χ2n) is 5.71. The molecule has 27 heavy (non-hydrogen) atoms. The minimum atomic E-state index is -4.40. The molecular formula is C18H15ClF3N3OS. The first-order valence-electron chi connectivity index (χ1n) is 8.08. The SMILES string of the molecule is O=C(NCCCNc1ccc(C(F)(F)F)cn1)c1sc2ccccc2c1Cl. The van der Waals surface area contributed by atoms with E-state index in [0.29, 0.717) is 35.2 Å². The summed E-state index contributed by atoms with van der Waals surface area (Å²) in [5.41, 5.74) is -0.791. The molecule has 0 saturated heterocycles. The van der Waals surface area contributed by atoms with E-state index in [1.807, 2.05) is 24.3 Å². The molecule has 1 aromatic carbocycles. The van der Waals surface area contributed by atoms with Gasteiger partial charge in [-0.25, -0.2) is 4.98 Å². The summed E-state index contributed by atoms with van der Waals surface area (Å²) in [6.45, 7) is 0.857. The number of carbonyl (C=O) groups excluding carboxylic acids is 1. The van der Waals surface area contributed by atoms with Crippen molar-refractivity contribution >= 4 is 44.7 Å². The Bertz CT molecular complexity index is 941. The van der Waals surface area contributed by atoms with Crippen LogP contribution in [0.3, 0.4) is 0 Å². The number of alkyl halides is 3. The molecule has 0 bridgehead atoms. The van der Waals surface area contributed by atoms with Crippen LogP contribution in [-0.4, -0.2) is 24.0 Å². The number of benzene rings is 1. The van der Waals surface area contributed by atoms with Crippen molar-refractivity contribution in [1.82, 2.24) is 10.3 Å². The van der Waals surface area contributed by atoms with Gasteiger partial charge >= 0.3 is 6.18 Å². The maximum absolute atomic E-state index is 12.5. The van der Waals surface area contributed by atoms with Crippen molar-refractivity contribution < 1.29 is 18.0 Å². The van der Waals surface area contributed by atoms with Crippen molar-refractivity contribution in [1.29, 1.82) is 0 Å². The van der Waals surface area contributed by atoms with E-state index < -0.39 is 11.7 Å². The van der Waals surface area contributed by atoms with Gasteiger partial charge < -0.3 is 10.6 Å². The highest BCUT2D eigenvalue weighted by Gasteiger charge is 2.30. The molecule has 3 aromatic rings. The number of aromatic nitrogens is 1. The van der Waals surface area contributed by atoms with Crippen LogP contribution in [-0.2, 0) is 6.18 Å². The maximum atomic E-state index is 12.5. The van der Waals surface area contributed by atoms with E-state index in [-0.39, 0.29) is 5.91 Å². The average Bonchev–Trinajstić information content (AvgIpc) is 2.98. The second kappa shape index (κ2) is 8.14. The highest BCUT2D eigenvalue weighted by molar-refractivity contribution is 7.21. The monoisotopic (exact) mass is 413 g/mol. The third kappa shape index (κ3) is 4.70. The number of fused-ring (bicyclic) bond motifs is 1. The standard InChI is InChI=1S/C18H15ClF3N3OS/c19-15-12-4-1-2-5-13(12)27-16(15)17(26)24-9-3-8-23-14-7-6-11(10-25-14)18(20,21)22/h1-2,4-7,10H,3,8-9H2,(H,23,25)(H,24,26). The van der Waals surface area contributed by atoms with Gasteiger partial charge in [0.05, 0.1) is 10.6 Å². The van der Waals surface area contributed by atoms with Crippen LogP contribution in [0.2, 0.25) is 5.02 Å². The number of hydrogen-bond acceptors (Lipinski definition) is 4. The van der Waals surface area contributed by atoms with Crippen LogP contribution in [0.4, 0.5) is 19.0 Å². The molecule has 0 unspecified atom stereocenters. The molecule has 2 heterocycles. The number of hydrogen-bond donors (Lipinski definition) is 2. The van der Waals surface area contributed by atoms with Crippen LogP contribution in [0.25, 0.3) is 10.1 Å². The second-order valence-corrected chi connectivity index (χ2v) is 7.14. The van der Waals surface area contributed by atoms with Crippen LogP contribution in [0.15, 0.2) is 42.6 Å². The Kier molecular flexibility index (Phi) is 5.86. The first-order valence-corrected chi connectivity index (χ1v) is 9.28. The number of amides is 1. The highest BCUT2D eigenvalue weighted by Crippen LogP contribution is 2.35. The molecule has 0 fully saturated rings. The molecule has 0 radical (unpaired) electrons. The molecule has 2 N–H and O–H groups in total. The summed E-state index contributed by atoms with van der Waals surface area (Å²) >= 11 is 7.60. The van der Waals surface area contributed by atoms with Crippen molar-refractivity contribution in [3.63, 3.8) is 0 Å². The molecule has 9 heteroatoms. The summed E-state index contributed by atoms with van der Waals surface area (Å²) in [6.07, 6.45) is -3.03. The summed E-state index contributed by atoms with van der Waals surface area (Å²) in [7, 11) is 0. The lowest BCUT2D eigenvalue weighted by molar-refractivity contribution is -0.137. The molecule has 0 aliphatic rings. The van der Waals surface area contributed by atoms with Gasteiger partial charge in [0.1, 0.15) is 10.7 Å². The molecule has 4 nitrogen and oxygen atoms in total. The van der Waals surface area contributed by atoms with E-state index in [2.05, 4.69) is 15.6 Å². The van der Waals surface area contributed by atoms with Gasteiger partial charge in [-0.1, -0.05) is 29.8 Å². The molecule has 2 aromatic heterocycles. The lowest BCUT2D eigenvalue weighted by atomic mass is 10.2. The Morgan fingerprint density at radius 1 is 1.15 bits per heavy atom. The predicted octanol–water partition coefficient (Wildman–Crippen LogP) is 5.20. The van der Waals surface area contributed by atoms with E-state index in [4.69, 9.17) is 11.6 Å².